The number of carbonyl (C=O) groups is 1. The zero-order valence-corrected chi connectivity index (χ0v) is 14.9. The van der Waals surface area contributed by atoms with Gasteiger partial charge >= 0.3 is 0 Å². The van der Waals surface area contributed by atoms with Crippen LogP contribution in [0.3, 0.4) is 0 Å². The molecule has 7 heteroatoms. The third-order valence-corrected chi connectivity index (χ3v) is 5.32. The highest BCUT2D eigenvalue weighted by Gasteiger charge is 2.30. The van der Waals surface area contributed by atoms with Gasteiger partial charge in [0.05, 0.1) is 16.8 Å². The molecule has 1 fully saturated rings. The smallest absolute Gasteiger partial charge is 0.257 e. The number of aromatic nitrogens is 2. The van der Waals surface area contributed by atoms with Gasteiger partial charge in [-0.25, -0.2) is 8.78 Å². The molecule has 2 aromatic heterocycles. The molecule has 0 bridgehead atoms. The Kier molecular flexibility index (Phi) is 4.39. The number of carbonyl (C=O) groups excluding carboxylic acids is 1. The third kappa shape index (κ3) is 3.30. The summed E-state index contributed by atoms with van der Waals surface area (Å²) in [7, 11) is 0. The minimum atomic E-state index is -0.959. The van der Waals surface area contributed by atoms with E-state index in [4.69, 9.17) is 0 Å². The Bertz CT molecular complexity index is 991. The van der Waals surface area contributed by atoms with Gasteiger partial charge in [-0.3, -0.25) is 9.78 Å². The predicted molar refractivity (Wildman–Crippen MR) is 99.9 cm³/mol. The number of hydrogen-bond donors (Lipinski definition) is 3. The van der Waals surface area contributed by atoms with Gasteiger partial charge in [-0.15, -0.1) is 0 Å². The van der Waals surface area contributed by atoms with Crippen molar-refractivity contribution in [3.05, 3.63) is 59.6 Å². The van der Waals surface area contributed by atoms with Crippen molar-refractivity contribution in [3.63, 3.8) is 0 Å². The van der Waals surface area contributed by atoms with Crippen molar-refractivity contribution in [1.82, 2.24) is 15.3 Å². The van der Waals surface area contributed by atoms with Crippen LogP contribution in [0, 0.1) is 11.6 Å². The van der Waals surface area contributed by atoms with Gasteiger partial charge in [0.25, 0.3) is 5.91 Å². The standard InChI is InChI=1S/C20H20F2N4O/c1-20(4-6-23-7-5-20)18-3-2-12(10-25-18)19(27)26-17-11-24-16-9-15(22)14(21)8-13(16)17/h2-3,8-11,23-24H,4-7H2,1H3,(H,26,27). The maximum absolute atomic E-state index is 13.5. The van der Waals surface area contributed by atoms with E-state index in [1.54, 1.807) is 12.3 Å². The van der Waals surface area contributed by atoms with E-state index >= 15 is 0 Å². The summed E-state index contributed by atoms with van der Waals surface area (Å²) >= 11 is 0. The van der Waals surface area contributed by atoms with Gasteiger partial charge in [0, 0.05) is 35.0 Å². The Hall–Kier alpha value is -2.80. The Labute approximate surface area is 155 Å². The quantitative estimate of drug-likeness (QED) is 0.658. The van der Waals surface area contributed by atoms with E-state index in [0.29, 0.717) is 22.2 Å². The summed E-state index contributed by atoms with van der Waals surface area (Å²) in [5, 5.41) is 6.48. The summed E-state index contributed by atoms with van der Waals surface area (Å²) in [5.74, 6) is -2.25. The molecule has 0 atom stereocenters. The lowest BCUT2D eigenvalue weighted by Crippen LogP contribution is -2.38. The molecule has 0 aliphatic carbocycles. The van der Waals surface area contributed by atoms with Gasteiger partial charge in [-0.1, -0.05) is 6.92 Å². The van der Waals surface area contributed by atoms with Crippen LogP contribution in [0.25, 0.3) is 10.9 Å². The Morgan fingerprint density at radius 1 is 1.19 bits per heavy atom. The third-order valence-electron chi connectivity index (χ3n) is 5.32. The van der Waals surface area contributed by atoms with Crippen molar-refractivity contribution in [1.29, 1.82) is 0 Å². The SMILES string of the molecule is CC1(c2ccc(C(=O)Nc3c[nH]c4cc(F)c(F)cc34)cn2)CCNCC1. The highest BCUT2D eigenvalue weighted by molar-refractivity contribution is 6.08. The number of halogens is 2. The van der Waals surface area contributed by atoms with E-state index in [-0.39, 0.29) is 11.3 Å². The van der Waals surface area contributed by atoms with Crippen molar-refractivity contribution in [2.75, 3.05) is 18.4 Å². The van der Waals surface area contributed by atoms with E-state index in [2.05, 4.69) is 27.5 Å². The van der Waals surface area contributed by atoms with Crippen LogP contribution in [-0.4, -0.2) is 29.0 Å². The topological polar surface area (TPSA) is 69.8 Å². The van der Waals surface area contributed by atoms with Crippen LogP contribution in [0.5, 0.6) is 0 Å². The van der Waals surface area contributed by atoms with E-state index in [0.717, 1.165) is 43.8 Å². The maximum atomic E-state index is 13.5. The first-order chi connectivity index (χ1) is 13.0. The fraction of sp³-hybridized carbons (Fsp3) is 0.300. The van der Waals surface area contributed by atoms with E-state index in [1.807, 2.05) is 6.07 Å². The van der Waals surface area contributed by atoms with Gasteiger partial charge in [0.1, 0.15) is 0 Å². The fourth-order valence-electron chi connectivity index (χ4n) is 3.53. The number of fused-ring (bicyclic) bond motifs is 1. The molecule has 1 aliphatic heterocycles. The number of piperidine rings is 1. The average molecular weight is 370 g/mol. The van der Waals surface area contributed by atoms with E-state index < -0.39 is 11.6 Å². The molecule has 1 amide bonds. The summed E-state index contributed by atoms with van der Waals surface area (Å²) in [6, 6.07) is 5.77. The normalized spacial score (nSPS) is 16.4. The molecule has 1 aromatic carbocycles. The highest BCUT2D eigenvalue weighted by Crippen LogP contribution is 2.31. The van der Waals surface area contributed by atoms with Crippen molar-refractivity contribution >= 4 is 22.5 Å². The number of nitrogens with one attached hydrogen (secondary N) is 3. The number of amides is 1. The monoisotopic (exact) mass is 370 g/mol. The van der Waals surface area contributed by atoms with Crippen LogP contribution in [-0.2, 0) is 5.41 Å². The van der Waals surface area contributed by atoms with Crippen molar-refractivity contribution in [3.8, 4) is 0 Å². The molecule has 1 saturated heterocycles. The number of rotatable bonds is 3. The molecule has 27 heavy (non-hydrogen) atoms. The molecular formula is C20H20F2N4O. The molecule has 1 aliphatic rings. The Balaban J connectivity index is 1.54. The molecule has 140 valence electrons. The largest absolute Gasteiger partial charge is 0.359 e. The first-order valence-electron chi connectivity index (χ1n) is 8.91. The minimum absolute atomic E-state index is 0.0126. The number of benzene rings is 1. The summed E-state index contributed by atoms with van der Waals surface area (Å²) in [6.45, 7) is 4.10. The fourth-order valence-corrected chi connectivity index (χ4v) is 3.53. The molecule has 0 radical (unpaired) electrons. The van der Waals surface area contributed by atoms with E-state index in [9.17, 15) is 13.6 Å². The first kappa shape index (κ1) is 17.6. The second-order valence-corrected chi connectivity index (χ2v) is 7.21. The van der Waals surface area contributed by atoms with Crippen molar-refractivity contribution < 1.29 is 13.6 Å². The van der Waals surface area contributed by atoms with Crippen LogP contribution in [0.4, 0.5) is 14.5 Å². The van der Waals surface area contributed by atoms with Crippen LogP contribution in [0.1, 0.15) is 35.8 Å². The van der Waals surface area contributed by atoms with Crippen LogP contribution >= 0.6 is 0 Å². The summed E-state index contributed by atoms with van der Waals surface area (Å²) < 4.78 is 26.8. The zero-order chi connectivity index (χ0) is 19.0. The molecule has 5 nitrogen and oxygen atoms in total. The number of nitrogens with zero attached hydrogens (tertiary/aromatic N) is 1. The van der Waals surface area contributed by atoms with Crippen molar-refractivity contribution in [2.24, 2.45) is 0 Å². The molecule has 4 rings (SSSR count). The van der Waals surface area contributed by atoms with Gasteiger partial charge < -0.3 is 15.6 Å². The lowest BCUT2D eigenvalue weighted by molar-refractivity contribution is 0.102. The minimum Gasteiger partial charge on any atom is -0.359 e. The molecule has 0 spiro atoms. The molecule has 0 saturated carbocycles. The number of aromatic amines is 1. The van der Waals surface area contributed by atoms with Crippen LogP contribution in [0.2, 0.25) is 0 Å². The first-order valence-corrected chi connectivity index (χ1v) is 8.91. The maximum Gasteiger partial charge on any atom is 0.257 e. The molecule has 3 aromatic rings. The summed E-state index contributed by atoms with van der Waals surface area (Å²) in [5.41, 5.74) is 2.21. The van der Waals surface area contributed by atoms with E-state index in [1.165, 1.54) is 6.20 Å². The highest BCUT2D eigenvalue weighted by atomic mass is 19.2. The van der Waals surface area contributed by atoms with Gasteiger partial charge in [0.15, 0.2) is 11.6 Å². The number of anilines is 1. The zero-order valence-electron chi connectivity index (χ0n) is 14.9. The predicted octanol–water partition coefficient (Wildman–Crippen LogP) is 3.73. The molecule has 0 unspecified atom stereocenters. The number of hydrogen-bond acceptors (Lipinski definition) is 3. The average Bonchev–Trinajstić information content (AvgIpc) is 3.04. The lowest BCUT2D eigenvalue weighted by atomic mass is 9.78. The molecule has 3 heterocycles. The van der Waals surface area contributed by atoms with Crippen molar-refractivity contribution in [2.45, 2.75) is 25.2 Å². The molecule has 3 N–H and O–H groups in total. The summed E-state index contributed by atoms with van der Waals surface area (Å²) in [6.07, 6.45) is 5.08. The lowest BCUT2D eigenvalue weighted by Gasteiger charge is -2.33. The summed E-state index contributed by atoms with van der Waals surface area (Å²) in [4.78, 5) is 19.9. The van der Waals surface area contributed by atoms with Gasteiger partial charge in [0.2, 0.25) is 0 Å². The number of pyridine rings is 1. The van der Waals surface area contributed by atoms with Crippen LogP contribution < -0.4 is 10.6 Å². The Morgan fingerprint density at radius 3 is 2.63 bits per heavy atom. The number of H-pyrrole nitrogens is 1. The Morgan fingerprint density at radius 2 is 1.93 bits per heavy atom. The second kappa shape index (κ2) is 6.74. The van der Waals surface area contributed by atoms with Gasteiger partial charge in [-0.2, -0.15) is 0 Å². The second-order valence-electron chi connectivity index (χ2n) is 7.21. The van der Waals surface area contributed by atoms with Gasteiger partial charge in [-0.05, 0) is 44.1 Å². The van der Waals surface area contributed by atoms with Crippen LogP contribution in [0.15, 0.2) is 36.7 Å². The molecular weight excluding hydrogens is 350 g/mol.